The summed E-state index contributed by atoms with van der Waals surface area (Å²) in [6, 6.07) is 0. The maximum absolute atomic E-state index is 5.75. The van der Waals surface area contributed by atoms with Gasteiger partial charge in [0.25, 0.3) is 0 Å². The third-order valence-corrected chi connectivity index (χ3v) is 2.22. The number of hydrogen-bond acceptors (Lipinski definition) is 5. The molecule has 0 amide bonds. The van der Waals surface area contributed by atoms with Crippen LogP contribution in [0.5, 0.6) is 0 Å². The van der Waals surface area contributed by atoms with Crippen molar-refractivity contribution in [1.82, 2.24) is 20.6 Å². The molecule has 0 radical (unpaired) electrons. The summed E-state index contributed by atoms with van der Waals surface area (Å²) in [5, 5.41) is 14.0. The molecule has 3 N–H and O–H groups in total. The molecule has 0 saturated carbocycles. The quantitative estimate of drug-likeness (QED) is 0.630. The number of nitrogens with one attached hydrogen (secondary N) is 1. The van der Waals surface area contributed by atoms with Crippen LogP contribution in [0.15, 0.2) is 5.16 Å². The van der Waals surface area contributed by atoms with Crippen molar-refractivity contribution in [2.24, 2.45) is 5.73 Å². The fraction of sp³-hybridized carbons (Fsp3) is 0.800. The third kappa shape index (κ3) is 3.33. The lowest BCUT2D eigenvalue weighted by atomic mass is 10.1. The van der Waals surface area contributed by atoms with Crippen LogP contribution in [-0.4, -0.2) is 31.9 Å². The average molecular weight is 173 g/mol. The highest BCUT2D eigenvalue weighted by atomic mass is 32.2. The van der Waals surface area contributed by atoms with Crippen LogP contribution in [0.4, 0.5) is 0 Å². The first kappa shape index (κ1) is 8.48. The zero-order chi connectivity index (χ0) is 8.32. The lowest BCUT2D eigenvalue weighted by molar-refractivity contribution is 0.590. The van der Waals surface area contributed by atoms with Gasteiger partial charge in [0.15, 0.2) is 0 Å². The Morgan fingerprint density at radius 2 is 2.36 bits per heavy atom. The number of H-pyrrole nitrogens is 1. The van der Waals surface area contributed by atoms with Crippen molar-refractivity contribution in [2.45, 2.75) is 24.5 Å². The molecular weight excluding hydrogens is 162 g/mol. The monoisotopic (exact) mass is 173 g/mol. The van der Waals surface area contributed by atoms with Crippen molar-refractivity contribution in [3.05, 3.63) is 0 Å². The zero-order valence-electron chi connectivity index (χ0n) is 6.53. The lowest BCUT2D eigenvalue weighted by Crippen LogP contribution is -2.34. The number of rotatable bonds is 3. The topological polar surface area (TPSA) is 80.5 Å². The molecule has 0 unspecified atom stereocenters. The molecule has 0 aromatic carbocycles. The summed E-state index contributed by atoms with van der Waals surface area (Å²) < 4.78 is 0. The van der Waals surface area contributed by atoms with Gasteiger partial charge in [-0.2, -0.15) is 5.21 Å². The van der Waals surface area contributed by atoms with Gasteiger partial charge in [-0.15, -0.1) is 10.2 Å². The molecule has 0 fully saturated rings. The molecule has 0 atom stereocenters. The normalized spacial score (nSPS) is 11.9. The Labute approximate surface area is 69.1 Å². The Hall–Kier alpha value is -0.620. The van der Waals surface area contributed by atoms with Crippen molar-refractivity contribution >= 4 is 11.8 Å². The summed E-state index contributed by atoms with van der Waals surface area (Å²) in [6.45, 7) is 3.92. The first-order valence-electron chi connectivity index (χ1n) is 3.23. The number of tetrazole rings is 1. The minimum atomic E-state index is -0.189. The fourth-order valence-electron chi connectivity index (χ4n) is 0.464. The van der Waals surface area contributed by atoms with E-state index >= 15 is 0 Å². The SMILES string of the molecule is CC(C)(N)CSc1nn[nH]n1. The van der Waals surface area contributed by atoms with E-state index in [1.165, 1.54) is 11.8 Å². The van der Waals surface area contributed by atoms with Gasteiger partial charge in [0.2, 0.25) is 5.16 Å². The zero-order valence-corrected chi connectivity index (χ0v) is 7.35. The molecular formula is C5H11N5S. The number of nitrogens with zero attached hydrogens (tertiary/aromatic N) is 3. The van der Waals surface area contributed by atoms with Crippen LogP contribution in [-0.2, 0) is 0 Å². The molecule has 0 saturated heterocycles. The predicted molar refractivity (Wildman–Crippen MR) is 43.2 cm³/mol. The molecule has 1 aromatic rings. The molecule has 0 aliphatic carbocycles. The van der Waals surface area contributed by atoms with Crippen LogP contribution in [0.2, 0.25) is 0 Å². The van der Waals surface area contributed by atoms with Crippen molar-refractivity contribution < 1.29 is 0 Å². The van der Waals surface area contributed by atoms with Crippen molar-refractivity contribution in [3.8, 4) is 0 Å². The van der Waals surface area contributed by atoms with Gasteiger partial charge in [0.05, 0.1) is 0 Å². The van der Waals surface area contributed by atoms with Gasteiger partial charge >= 0.3 is 0 Å². The molecule has 0 aliphatic heterocycles. The summed E-state index contributed by atoms with van der Waals surface area (Å²) in [5.74, 6) is 0.784. The van der Waals surface area contributed by atoms with Gasteiger partial charge in [-0.25, -0.2) is 0 Å². The van der Waals surface area contributed by atoms with Crippen LogP contribution in [0.3, 0.4) is 0 Å². The smallest absolute Gasteiger partial charge is 0.231 e. The molecule has 0 bridgehead atoms. The fourth-order valence-corrected chi connectivity index (χ4v) is 1.17. The second-order valence-corrected chi connectivity index (χ2v) is 3.91. The van der Waals surface area contributed by atoms with Crippen LogP contribution >= 0.6 is 11.8 Å². The minimum Gasteiger partial charge on any atom is -0.325 e. The highest BCUT2D eigenvalue weighted by Crippen LogP contribution is 2.15. The van der Waals surface area contributed by atoms with E-state index < -0.39 is 0 Å². The summed E-state index contributed by atoms with van der Waals surface area (Å²) >= 11 is 1.49. The van der Waals surface area contributed by atoms with E-state index in [4.69, 9.17) is 5.73 Å². The van der Waals surface area contributed by atoms with Gasteiger partial charge in [-0.3, -0.25) is 0 Å². The highest BCUT2D eigenvalue weighted by Gasteiger charge is 2.12. The highest BCUT2D eigenvalue weighted by molar-refractivity contribution is 7.99. The average Bonchev–Trinajstić information content (AvgIpc) is 2.32. The van der Waals surface area contributed by atoms with E-state index in [2.05, 4.69) is 20.6 Å². The molecule has 1 rings (SSSR count). The summed E-state index contributed by atoms with van der Waals surface area (Å²) in [6.07, 6.45) is 0. The molecule has 1 aromatic heterocycles. The molecule has 1 heterocycles. The van der Waals surface area contributed by atoms with Gasteiger partial charge in [-0.1, -0.05) is 11.8 Å². The Kier molecular flexibility index (Phi) is 2.45. The van der Waals surface area contributed by atoms with Crippen LogP contribution in [0, 0.1) is 0 Å². The Morgan fingerprint density at radius 3 is 2.82 bits per heavy atom. The van der Waals surface area contributed by atoms with Gasteiger partial charge in [-0.05, 0) is 19.1 Å². The summed E-state index contributed by atoms with van der Waals surface area (Å²) in [4.78, 5) is 0. The summed E-state index contributed by atoms with van der Waals surface area (Å²) in [7, 11) is 0. The van der Waals surface area contributed by atoms with Crippen molar-refractivity contribution in [1.29, 1.82) is 0 Å². The Morgan fingerprint density at radius 1 is 1.64 bits per heavy atom. The molecule has 62 valence electrons. The first-order valence-corrected chi connectivity index (χ1v) is 4.22. The molecule has 6 heteroatoms. The molecule has 5 nitrogen and oxygen atoms in total. The number of nitrogens with two attached hydrogens (primary N) is 1. The third-order valence-electron chi connectivity index (χ3n) is 0.899. The Balaban J connectivity index is 2.35. The first-order chi connectivity index (χ1) is 5.08. The van der Waals surface area contributed by atoms with E-state index in [0.29, 0.717) is 5.16 Å². The standard InChI is InChI=1S/C5H11N5S/c1-5(2,6)3-11-4-7-9-10-8-4/h3,6H2,1-2H3,(H,7,8,9,10). The van der Waals surface area contributed by atoms with E-state index in [0.717, 1.165) is 5.75 Å². The molecule has 0 spiro atoms. The minimum absolute atomic E-state index is 0.189. The van der Waals surface area contributed by atoms with E-state index in [1.807, 2.05) is 13.8 Å². The second-order valence-electron chi connectivity index (χ2n) is 2.97. The van der Waals surface area contributed by atoms with Crippen molar-refractivity contribution in [3.63, 3.8) is 0 Å². The predicted octanol–water partition coefficient (Wildman–Crippen LogP) is 0.0291. The number of aromatic amines is 1. The van der Waals surface area contributed by atoms with Crippen molar-refractivity contribution in [2.75, 3.05) is 5.75 Å². The number of hydrogen-bond donors (Lipinski definition) is 2. The number of thioether (sulfide) groups is 1. The van der Waals surface area contributed by atoms with Crippen LogP contribution < -0.4 is 5.73 Å². The maximum atomic E-state index is 5.75. The van der Waals surface area contributed by atoms with Gasteiger partial charge < -0.3 is 5.73 Å². The second kappa shape index (κ2) is 3.19. The van der Waals surface area contributed by atoms with Crippen LogP contribution in [0.25, 0.3) is 0 Å². The lowest BCUT2D eigenvalue weighted by Gasteiger charge is -2.15. The maximum Gasteiger partial charge on any atom is 0.231 e. The van der Waals surface area contributed by atoms with Crippen LogP contribution in [0.1, 0.15) is 13.8 Å². The number of aromatic nitrogens is 4. The summed E-state index contributed by atoms with van der Waals surface area (Å²) in [5.41, 5.74) is 5.56. The van der Waals surface area contributed by atoms with E-state index in [-0.39, 0.29) is 5.54 Å². The van der Waals surface area contributed by atoms with Gasteiger partial charge in [0, 0.05) is 11.3 Å². The molecule has 11 heavy (non-hydrogen) atoms. The molecule has 0 aliphatic rings. The largest absolute Gasteiger partial charge is 0.325 e. The Bertz CT molecular complexity index is 201. The van der Waals surface area contributed by atoms with E-state index in [9.17, 15) is 0 Å². The van der Waals surface area contributed by atoms with Gasteiger partial charge in [0.1, 0.15) is 0 Å². The van der Waals surface area contributed by atoms with E-state index in [1.54, 1.807) is 0 Å².